The van der Waals surface area contributed by atoms with Crippen LogP contribution in [0.25, 0.3) is 0 Å². The Hall–Kier alpha value is -2.24. The summed E-state index contributed by atoms with van der Waals surface area (Å²) < 4.78 is 22.7. The second kappa shape index (κ2) is 6.27. The topological polar surface area (TPSA) is 65.2 Å². The summed E-state index contributed by atoms with van der Waals surface area (Å²) in [5.74, 6) is -0.615. The molecule has 0 saturated heterocycles. The number of aromatic nitrogens is 2. The number of ether oxygens (including phenoxy) is 1. The minimum atomic E-state index is -0.593. The summed E-state index contributed by atoms with van der Waals surface area (Å²) >= 11 is 0. The number of halogens is 1. The highest BCUT2D eigenvalue weighted by Gasteiger charge is 2.23. The summed E-state index contributed by atoms with van der Waals surface area (Å²) in [7, 11) is 0. The van der Waals surface area contributed by atoms with Crippen LogP contribution >= 0.6 is 0 Å². The summed E-state index contributed by atoms with van der Waals surface area (Å²) in [6, 6.07) is 6.05. The van der Waals surface area contributed by atoms with Crippen LogP contribution in [0.5, 0.6) is 0 Å². The molecule has 0 spiro atoms. The van der Waals surface area contributed by atoms with E-state index < -0.39 is 11.9 Å². The van der Waals surface area contributed by atoms with Crippen LogP contribution in [0.2, 0.25) is 0 Å². The predicted molar refractivity (Wildman–Crippen MR) is 68.6 cm³/mol. The maximum Gasteiger partial charge on any atom is 0.318 e. The second-order valence-electron chi connectivity index (χ2n) is 4.33. The van der Waals surface area contributed by atoms with Gasteiger partial charge in [0, 0.05) is 6.42 Å². The van der Waals surface area contributed by atoms with Gasteiger partial charge in [0.1, 0.15) is 11.7 Å². The van der Waals surface area contributed by atoms with E-state index in [4.69, 9.17) is 9.26 Å². The zero-order valence-corrected chi connectivity index (χ0v) is 11.3. The second-order valence-corrected chi connectivity index (χ2v) is 4.33. The first kappa shape index (κ1) is 14.2. The number of hydrogen-bond donors (Lipinski definition) is 0. The molecule has 2 rings (SSSR count). The molecule has 0 fully saturated rings. The molecule has 0 amide bonds. The standard InChI is InChI=1S/C14H15FN2O3/c1-3-19-14(18)9(2)13-16-12(17-20-13)8-10-4-6-11(15)7-5-10/h4-7,9H,3,8H2,1-2H3. The molecule has 1 unspecified atom stereocenters. The molecule has 20 heavy (non-hydrogen) atoms. The van der Waals surface area contributed by atoms with Crippen LogP contribution in [-0.4, -0.2) is 22.7 Å². The van der Waals surface area contributed by atoms with E-state index >= 15 is 0 Å². The fourth-order valence-corrected chi connectivity index (χ4v) is 1.67. The lowest BCUT2D eigenvalue weighted by atomic mass is 10.1. The van der Waals surface area contributed by atoms with Crippen LogP contribution in [0.3, 0.4) is 0 Å². The smallest absolute Gasteiger partial charge is 0.318 e. The molecule has 0 N–H and O–H groups in total. The zero-order valence-electron chi connectivity index (χ0n) is 11.3. The van der Waals surface area contributed by atoms with Gasteiger partial charge in [-0.05, 0) is 31.5 Å². The fraction of sp³-hybridized carbons (Fsp3) is 0.357. The third-order valence-electron chi connectivity index (χ3n) is 2.77. The third-order valence-corrected chi connectivity index (χ3v) is 2.77. The number of hydrogen-bond acceptors (Lipinski definition) is 5. The van der Waals surface area contributed by atoms with E-state index in [1.807, 2.05) is 0 Å². The van der Waals surface area contributed by atoms with Gasteiger partial charge in [0.05, 0.1) is 6.61 Å². The Labute approximate surface area is 115 Å². The van der Waals surface area contributed by atoms with Crippen molar-refractivity contribution in [3.05, 3.63) is 47.4 Å². The summed E-state index contributed by atoms with van der Waals surface area (Å²) in [6.45, 7) is 3.69. The number of carbonyl (C=O) groups is 1. The van der Waals surface area contributed by atoms with Crippen LogP contribution in [0.4, 0.5) is 4.39 Å². The van der Waals surface area contributed by atoms with Crippen LogP contribution in [0, 0.1) is 5.82 Å². The Kier molecular flexibility index (Phi) is 4.45. The Bertz CT molecular complexity index is 580. The molecule has 0 bridgehead atoms. The van der Waals surface area contributed by atoms with Gasteiger partial charge in [-0.25, -0.2) is 4.39 Å². The number of rotatable bonds is 5. The molecule has 1 atom stereocenters. The van der Waals surface area contributed by atoms with Gasteiger partial charge in [0.2, 0.25) is 5.89 Å². The monoisotopic (exact) mass is 278 g/mol. The first-order chi connectivity index (χ1) is 9.60. The molecule has 1 heterocycles. The maximum absolute atomic E-state index is 12.8. The summed E-state index contributed by atoms with van der Waals surface area (Å²) in [6.07, 6.45) is 0.416. The Morgan fingerprint density at radius 2 is 2.10 bits per heavy atom. The van der Waals surface area contributed by atoms with Crippen LogP contribution in [0.1, 0.15) is 37.0 Å². The van der Waals surface area contributed by atoms with Crippen molar-refractivity contribution in [3.8, 4) is 0 Å². The van der Waals surface area contributed by atoms with E-state index in [1.54, 1.807) is 26.0 Å². The van der Waals surface area contributed by atoms with Gasteiger partial charge in [-0.3, -0.25) is 4.79 Å². The van der Waals surface area contributed by atoms with Crippen molar-refractivity contribution in [2.24, 2.45) is 0 Å². The number of esters is 1. The highest BCUT2D eigenvalue weighted by atomic mass is 19.1. The highest BCUT2D eigenvalue weighted by molar-refractivity contribution is 5.76. The Morgan fingerprint density at radius 3 is 2.75 bits per heavy atom. The van der Waals surface area contributed by atoms with Crippen LogP contribution < -0.4 is 0 Å². The normalized spacial score (nSPS) is 12.2. The van der Waals surface area contributed by atoms with E-state index in [2.05, 4.69) is 10.1 Å². The average molecular weight is 278 g/mol. The number of nitrogens with zero attached hydrogens (tertiary/aromatic N) is 2. The van der Waals surface area contributed by atoms with Gasteiger partial charge in [0.25, 0.3) is 0 Å². The van der Waals surface area contributed by atoms with E-state index in [0.717, 1.165) is 5.56 Å². The van der Waals surface area contributed by atoms with E-state index in [9.17, 15) is 9.18 Å². The molecule has 6 heteroatoms. The summed E-state index contributed by atoms with van der Waals surface area (Å²) in [4.78, 5) is 15.7. The number of benzene rings is 1. The van der Waals surface area contributed by atoms with Gasteiger partial charge < -0.3 is 9.26 Å². The van der Waals surface area contributed by atoms with Crippen molar-refractivity contribution < 1.29 is 18.4 Å². The van der Waals surface area contributed by atoms with Crippen LogP contribution in [-0.2, 0) is 16.0 Å². The first-order valence-corrected chi connectivity index (χ1v) is 6.33. The quantitative estimate of drug-likeness (QED) is 0.786. The van der Waals surface area contributed by atoms with E-state index in [0.29, 0.717) is 18.9 Å². The molecule has 1 aromatic heterocycles. The highest BCUT2D eigenvalue weighted by Crippen LogP contribution is 2.16. The van der Waals surface area contributed by atoms with E-state index in [-0.39, 0.29) is 11.7 Å². The van der Waals surface area contributed by atoms with Crippen molar-refractivity contribution >= 4 is 5.97 Å². The maximum atomic E-state index is 12.8. The molecule has 106 valence electrons. The summed E-state index contributed by atoms with van der Waals surface area (Å²) in [5.41, 5.74) is 0.863. The van der Waals surface area contributed by atoms with Crippen molar-refractivity contribution in [3.63, 3.8) is 0 Å². The molecule has 0 aliphatic rings. The van der Waals surface area contributed by atoms with Crippen molar-refractivity contribution in [2.75, 3.05) is 6.61 Å². The molecule has 0 aliphatic carbocycles. The molecule has 0 saturated carbocycles. The SMILES string of the molecule is CCOC(=O)C(C)c1nc(Cc2ccc(F)cc2)no1. The first-order valence-electron chi connectivity index (χ1n) is 6.33. The molecule has 0 radical (unpaired) electrons. The number of carbonyl (C=O) groups excluding carboxylic acids is 1. The predicted octanol–water partition coefficient (Wildman–Crippen LogP) is 2.47. The van der Waals surface area contributed by atoms with Gasteiger partial charge in [-0.15, -0.1) is 0 Å². The average Bonchev–Trinajstić information content (AvgIpc) is 2.89. The van der Waals surface area contributed by atoms with E-state index in [1.165, 1.54) is 12.1 Å². The van der Waals surface area contributed by atoms with Crippen molar-refractivity contribution in [1.29, 1.82) is 0 Å². The van der Waals surface area contributed by atoms with Gasteiger partial charge in [-0.2, -0.15) is 4.98 Å². The molecular weight excluding hydrogens is 263 g/mol. The van der Waals surface area contributed by atoms with Crippen molar-refractivity contribution in [1.82, 2.24) is 10.1 Å². The molecule has 1 aromatic carbocycles. The van der Waals surface area contributed by atoms with Crippen molar-refractivity contribution in [2.45, 2.75) is 26.2 Å². The molecule has 0 aliphatic heterocycles. The third kappa shape index (κ3) is 3.40. The molecule has 5 nitrogen and oxygen atoms in total. The Morgan fingerprint density at radius 1 is 1.40 bits per heavy atom. The summed E-state index contributed by atoms with van der Waals surface area (Å²) in [5, 5.41) is 3.81. The van der Waals surface area contributed by atoms with Crippen LogP contribution in [0.15, 0.2) is 28.8 Å². The largest absolute Gasteiger partial charge is 0.465 e. The lowest BCUT2D eigenvalue weighted by Gasteiger charge is -2.04. The zero-order chi connectivity index (χ0) is 14.5. The Balaban J connectivity index is 2.05. The van der Waals surface area contributed by atoms with Gasteiger partial charge >= 0.3 is 5.97 Å². The fourth-order valence-electron chi connectivity index (χ4n) is 1.67. The minimum absolute atomic E-state index is 0.223. The lowest BCUT2D eigenvalue weighted by Crippen LogP contribution is -2.13. The molecule has 2 aromatic rings. The minimum Gasteiger partial charge on any atom is -0.465 e. The molecular formula is C14H15FN2O3. The lowest BCUT2D eigenvalue weighted by molar-refractivity contribution is -0.145. The van der Waals surface area contributed by atoms with Gasteiger partial charge in [0.15, 0.2) is 5.82 Å². The van der Waals surface area contributed by atoms with Gasteiger partial charge in [-0.1, -0.05) is 17.3 Å².